The lowest BCUT2D eigenvalue weighted by Crippen LogP contribution is -2.35. The van der Waals surface area contributed by atoms with Crippen LogP contribution in [-0.2, 0) is 14.6 Å². The Morgan fingerprint density at radius 1 is 1.04 bits per heavy atom. The minimum absolute atomic E-state index is 0.151. The molecule has 0 bridgehead atoms. The molecule has 0 spiro atoms. The van der Waals surface area contributed by atoms with Gasteiger partial charge in [-0.2, -0.15) is 0 Å². The van der Waals surface area contributed by atoms with Crippen LogP contribution in [0.1, 0.15) is 11.5 Å². The molecule has 1 saturated carbocycles. The van der Waals surface area contributed by atoms with Gasteiger partial charge in [-0.25, -0.2) is 8.42 Å². The number of methoxy groups -OCH3 is 1. The number of hydrogen-bond acceptors (Lipinski definition) is 4. The molecule has 7 heteroatoms. The summed E-state index contributed by atoms with van der Waals surface area (Å²) in [6.07, 6.45) is 0. The average molecular weight is 386 g/mol. The summed E-state index contributed by atoms with van der Waals surface area (Å²) in [6, 6.07) is 13.2. The van der Waals surface area contributed by atoms with Crippen molar-refractivity contribution in [2.45, 2.75) is 21.6 Å². The highest BCUT2D eigenvalue weighted by molar-refractivity contribution is 7.92. The number of hydrogen-bond donors (Lipinski definition) is 1. The predicted octanol–water partition coefficient (Wildman–Crippen LogP) is 3.28. The Hall–Kier alpha value is -1.11. The molecule has 24 heavy (non-hydrogen) atoms. The van der Waals surface area contributed by atoms with E-state index in [0.717, 1.165) is 5.56 Å². The van der Waals surface area contributed by atoms with Gasteiger partial charge in [0.25, 0.3) is 0 Å². The zero-order valence-electron chi connectivity index (χ0n) is 12.9. The Morgan fingerprint density at radius 2 is 1.54 bits per heavy atom. The smallest absolute Gasteiger partial charge is 0.183 e. The second-order valence-corrected chi connectivity index (χ2v) is 8.94. The maximum absolute atomic E-state index is 13.0. The molecule has 2 aromatic carbocycles. The summed E-state index contributed by atoms with van der Waals surface area (Å²) >= 11 is 11.8. The van der Waals surface area contributed by atoms with Crippen molar-refractivity contribution in [2.24, 2.45) is 5.73 Å². The van der Waals surface area contributed by atoms with Crippen LogP contribution in [0.15, 0.2) is 53.4 Å². The monoisotopic (exact) mass is 385 g/mol. The van der Waals surface area contributed by atoms with E-state index in [4.69, 9.17) is 33.7 Å². The molecule has 1 fully saturated rings. The van der Waals surface area contributed by atoms with Gasteiger partial charge in [0.2, 0.25) is 0 Å². The highest BCUT2D eigenvalue weighted by Crippen LogP contribution is 2.55. The van der Waals surface area contributed by atoms with Crippen molar-refractivity contribution in [1.82, 2.24) is 0 Å². The first-order chi connectivity index (χ1) is 11.3. The van der Waals surface area contributed by atoms with Crippen molar-refractivity contribution in [3.8, 4) is 0 Å². The minimum atomic E-state index is -3.62. The SMILES string of the molecule is COC[C@@]1(N)[C@@H](c2ccc(Cl)cc2)[C@@H]1S(=O)(=O)c1ccc(Cl)cc1. The molecule has 0 amide bonds. The zero-order chi connectivity index (χ0) is 17.5. The molecular formula is C17H17Cl2NO3S. The van der Waals surface area contributed by atoms with E-state index < -0.39 is 20.6 Å². The lowest BCUT2D eigenvalue weighted by Gasteiger charge is -2.11. The molecule has 0 saturated heterocycles. The third-order valence-electron chi connectivity index (χ3n) is 4.40. The predicted molar refractivity (Wildman–Crippen MR) is 95.4 cm³/mol. The first-order valence-electron chi connectivity index (χ1n) is 7.33. The van der Waals surface area contributed by atoms with Crippen LogP contribution in [0.5, 0.6) is 0 Å². The number of nitrogens with two attached hydrogens (primary N) is 1. The molecule has 0 aromatic heterocycles. The second kappa shape index (κ2) is 6.32. The fraction of sp³-hybridized carbons (Fsp3) is 0.294. The van der Waals surface area contributed by atoms with Crippen molar-refractivity contribution >= 4 is 33.0 Å². The Labute approximate surface area is 151 Å². The summed E-state index contributed by atoms with van der Waals surface area (Å²) in [5.41, 5.74) is 6.27. The van der Waals surface area contributed by atoms with Crippen molar-refractivity contribution in [3.63, 3.8) is 0 Å². The highest BCUT2D eigenvalue weighted by Gasteiger charge is 2.69. The highest BCUT2D eigenvalue weighted by atomic mass is 35.5. The molecule has 0 radical (unpaired) electrons. The summed E-state index contributed by atoms with van der Waals surface area (Å²) in [4.78, 5) is 0.208. The fourth-order valence-electron chi connectivity index (χ4n) is 3.24. The summed E-state index contributed by atoms with van der Waals surface area (Å²) in [5, 5.41) is 0.313. The molecule has 4 nitrogen and oxygen atoms in total. The molecule has 128 valence electrons. The van der Waals surface area contributed by atoms with E-state index in [0.29, 0.717) is 10.0 Å². The summed E-state index contributed by atoms with van der Waals surface area (Å²) in [7, 11) is -2.10. The molecule has 0 aliphatic heterocycles. The summed E-state index contributed by atoms with van der Waals surface area (Å²) < 4.78 is 31.3. The number of ether oxygens (including phenoxy) is 1. The van der Waals surface area contributed by atoms with Gasteiger partial charge < -0.3 is 10.5 Å². The lowest BCUT2D eigenvalue weighted by atomic mass is 10.1. The molecule has 2 N–H and O–H groups in total. The van der Waals surface area contributed by atoms with Crippen molar-refractivity contribution in [2.75, 3.05) is 13.7 Å². The number of sulfone groups is 1. The largest absolute Gasteiger partial charge is 0.383 e. The third-order valence-corrected chi connectivity index (χ3v) is 7.22. The van der Waals surface area contributed by atoms with Gasteiger partial charge in [-0.3, -0.25) is 0 Å². The van der Waals surface area contributed by atoms with Crippen molar-refractivity contribution < 1.29 is 13.2 Å². The van der Waals surface area contributed by atoms with Crippen LogP contribution in [0.25, 0.3) is 0 Å². The summed E-state index contributed by atoms with van der Waals surface area (Å²) in [5.74, 6) is -0.351. The van der Waals surface area contributed by atoms with Crippen LogP contribution >= 0.6 is 23.2 Å². The molecule has 3 rings (SSSR count). The molecule has 1 aliphatic rings. The van der Waals surface area contributed by atoms with Gasteiger partial charge in [-0.05, 0) is 42.0 Å². The van der Waals surface area contributed by atoms with Crippen LogP contribution < -0.4 is 5.73 Å². The van der Waals surface area contributed by atoms with Crippen LogP contribution in [0.2, 0.25) is 10.0 Å². The molecule has 0 unspecified atom stereocenters. The maximum Gasteiger partial charge on any atom is 0.183 e. The van der Waals surface area contributed by atoms with E-state index in [2.05, 4.69) is 0 Å². The molecule has 2 aromatic rings. The summed E-state index contributed by atoms with van der Waals surface area (Å²) in [6.45, 7) is 0.151. The van der Waals surface area contributed by atoms with Gasteiger partial charge in [0.05, 0.1) is 22.3 Å². The molecule has 0 heterocycles. The normalized spacial score (nSPS) is 26.3. The van der Waals surface area contributed by atoms with Gasteiger partial charge >= 0.3 is 0 Å². The quantitative estimate of drug-likeness (QED) is 0.856. The van der Waals surface area contributed by atoms with E-state index >= 15 is 0 Å². The number of rotatable bonds is 5. The van der Waals surface area contributed by atoms with Gasteiger partial charge in [0.15, 0.2) is 9.84 Å². The first-order valence-corrected chi connectivity index (χ1v) is 9.63. The van der Waals surface area contributed by atoms with E-state index in [1.165, 1.54) is 19.2 Å². The number of benzene rings is 2. The lowest BCUT2D eigenvalue weighted by molar-refractivity contribution is 0.171. The fourth-order valence-corrected chi connectivity index (χ4v) is 5.78. The van der Waals surface area contributed by atoms with Crippen molar-refractivity contribution in [1.29, 1.82) is 0 Å². The standard InChI is InChI=1S/C17H17Cl2NO3S/c1-23-10-17(20)15(11-2-4-12(18)5-3-11)16(17)24(21,22)14-8-6-13(19)7-9-14/h2-9,15-16H,10,20H2,1H3/t15-,16-,17+/m0/s1. The van der Waals surface area contributed by atoms with E-state index in [1.807, 2.05) is 12.1 Å². The Balaban J connectivity index is 2.01. The van der Waals surface area contributed by atoms with E-state index in [1.54, 1.807) is 24.3 Å². The first kappa shape index (κ1) is 17.7. The van der Waals surface area contributed by atoms with Gasteiger partial charge in [-0.15, -0.1) is 0 Å². The zero-order valence-corrected chi connectivity index (χ0v) is 15.3. The molecule has 3 atom stereocenters. The third kappa shape index (κ3) is 2.95. The Bertz CT molecular complexity index is 837. The van der Waals surface area contributed by atoms with Gasteiger partial charge in [0, 0.05) is 23.1 Å². The van der Waals surface area contributed by atoms with E-state index in [-0.39, 0.29) is 17.4 Å². The van der Waals surface area contributed by atoms with E-state index in [9.17, 15) is 8.42 Å². The van der Waals surface area contributed by atoms with Gasteiger partial charge in [0.1, 0.15) is 0 Å². The minimum Gasteiger partial charge on any atom is -0.383 e. The van der Waals surface area contributed by atoms with Gasteiger partial charge in [-0.1, -0.05) is 35.3 Å². The van der Waals surface area contributed by atoms with Crippen LogP contribution in [0.4, 0.5) is 0 Å². The number of halogens is 2. The van der Waals surface area contributed by atoms with Crippen molar-refractivity contribution in [3.05, 3.63) is 64.1 Å². The second-order valence-electron chi connectivity index (χ2n) is 5.99. The molecular weight excluding hydrogens is 369 g/mol. The average Bonchev–Trinajstić information content (AvgIpc) is 3.15. The van der Waals surface area contributed by atoms with Crippen LogP contribution in [0.3, 0.4) is 0 Å². The topological polar surface area (TPSA) is 69.4 Å². The van der Waals surface area contributed by atoms with Crippen LogP contribution in [0, 0.1) is 0 Å². The Kier molecular flexibility index (Phi) is 4.66. The maximum atomic E-state index is 13.0. The molecule has 1 aliphatic carbocycles. The Morgan fingerprint density at radius 3 is 2.04 bits per heavy atom. The van der Waals surface area contributed by atoms with Crippen LogP contribution in [-0.4, -0.2) is 32.9 Å².